The van der Waals surface area contributed by atoms with Crippen molar-refractivity contribution < 1.29 is 22.7 Å². The maximum absolute atomic E-state index is 11.9. The minimum Gasteiger partial charge on any atom is -0.440 e. The number of carbonyl (C=O) groups is 1. The van der Waals surface area contributed by atoms with Crippen molar-refractivity contribution in [2.24, 2.45) is 17.8 Å². The molecule has 2 bridgehead atoms. The summed E-state index contributed by atoms with van der Waals surface area (Å²) in [6.45, 7) is 0.322. The van der Waals surface area contributed by atoms with Crippen LogP contribution in [0.4, 0.5) is 18.0 Å². The summed E-state index contributed by atoms with van der Waals surface area (Å²) in [7, 11) is 0. The summed E-state index contributed by atoms with van der Waals surface area (Å²) in [6.07, 6.45) is -0.722. The van der Waals surface area contributed by atoms with E-state index in [4.69, 9.17) is 0 Å². The summed E-state index contributed by atoms with van der Waals surface area (Å²) in [5.41, 5.74) is 0. The van der Waals surface area contributed by atoms with Crippen molar-refractivity contribution in [1.29, 1.82) is 0 Å². The fourth-order valence-electron chi connectivity index (χ4n) is 3.39. The molecular weight excluding hydrogens is 247 g/mol. The second kappa shape index (κ2) is 4.97. The predicted molar refractivity (Wildman–Crippen MR) is 58.9 cm³/mol. The van der Waals surface area contributed by atoms with Crippen LogP contribution in [0.5, 0.6) is 0 Å². The fourth-order valence-corrected chi connectivity index (χ4v) is 3.39. The highest BCUT2D eigenvalue weighted by atomic mass is 19.4. The van der Waals surface area contributed by atoms with Gasteiger partial charge in [-0.15, -0.1) is 0 Å². The van der Waals surface area contributed by atoms with Crippen LogP contribution in [0.15, 0.2) is 0 Å². The van der Waals surface area contributed by atoms with Crippen molar-refractivity contribution in [3.05, 3.63) is 0 Å². The van der Waals surface area contributed by atoms with E-state index in [1.807, 2.05) is 6.92 Å². The third-order valence-electron chi connectivity index (χ3n) is 4.15. The van der Waals surface area contributed by atoms with Gasteiger partial charge in [0.05, 0.1) is 0 Å². The molecule has 0 aromatic carbocycles. The van der Waals surface area contributed by atoms with Crippen LogP contribution in [-0.2, 0) is 4.74 Å². The van der Waals surface area contributed by atoms with Crippen LogP contribution in [0, 0.1) is 17.8 Å². The van der Waals surface area contributed by atoms with Gasteiger partial charge in [-0.2, -0.15) is 13.2 Å². The lowest BCUT2D eigenvalue weighted by atomic mass is 9.84. The molecule has 4 atom stereocenters. The van der Waals surface area contributed by atoms with Gasteiger partial charge in [0.1, 0.15) is 0 Å². The first-order valence-electron chi connectivity index (χ1n) is 6.35. The Morgan fingerprint density at radius 2 is 2.11 bits per heavy atom. The number of alkyl carbamates (subject to hydrolysis) is 1. The van der Waals surface area contributed by atoms with Gasteiger partial charge in [0.15, 0.2) is 6.61 Å². The molecule has 0 radical (unpaired) electrons. The summed E-state index contributed by atoms with van der Waals surface area (Å²) in [5, 5.41) is 2.52. The largest absolute Gasteiger partial charge is 0.440 e. The Morgan fingerprint density at radius 1 is 1.39 bits per heavy atom. The zero-order valence-electron chi connectivity index (χ0n) is 10.3. The molecule has 1 amide bonds. The van der Waals surface area contributed by atoms with Crippen LogP contribution in [0.2, 0.25) is 0 Å². The highest BCUT2D eigenvalue weighted by molar-refractivity contribution is 5.67. The Kier molecular flexibility index (Phi) is 3.73. The first-order valence-corrected chi connectivity index (χ1v) is 6.35. The quantitative estimate of drug-likeness (QED) is 0.851. The summed E-state index contributed by atoms with van der Waals surface area (Å²) in [5.74, 6) is 1.76. The number of ether oxygens (including phenoxy) is 1. The maximum Gasteiger partial charge on any atom is 0.422 e. The molecule has 18 heavy (non-hydrogen) atoms. The Bertz CT molecular complexity index is 319. The topological polar surface area (TPSA) is 38.3 Å². The van der Waals surface area contributed by atoms with Gasteiger partial charge >= 0.3 is 12.3 Å². The minimum atomic E-state index is -4.47. The second-order valence-electron chi connectivity index (χ2n) is 5.46. The molecule has 4 unspecified atom stereocenters. The normalized spacial score (nSPS) is 32.3. The van der Waals surface area contributed by atoms with E-state index in [1.54, 1.807) is 0 Å². The molecule has 2 aliphatic rings. The predicted octanol–water partition coefficient (Wildman–Crippen LogP) is 3.10. The maximum atomic E-state index is 11.9. The lowest BCUT2D eigenvalue weighted by molar-refractivity contribution is -0.160. The highest BCUT2D eigenvalue weighted by Crippen LogP contribution is 2.49. The molecule has 0 heterocycles. The number of fused-ring (bicyclic) bond motifs is 2. The number of rotatable bonds is 3. The van der Waals surface area contributed by atoms with E-state index >= 15 is 0 Å². The Balaban J connectivity index is 1.74. The summed E-state index contributed by atoms with van der Waals surface area (Å²) in [4.78, 5) is 11.2. The van der Waals surface area contributed by atoms with Gasteiger partial charge in [-0.3, -0.25) is 0 Å². The van der Waals surface area contributed by atoms with E-state index in [1.165, 1.54) is 19.3 Å². The number of carbonyl (C=O) groups excluding carboxylic acids is 1. The zero-order chi connectivity index (χ0) is 13.3. The van der Waals surface area contributed by atoms with Crippen LogP contribution < -0.4 is 5.32 Å². The molecule has 0 aromatic rings. The van der Waals surface area contributed by atoms with Crippen LogP contribution in [0.3, 0.4) is 0 Å². The zero-order valence-corrected chi connectivity index (χ0v) is 10.3. The van der Waals surface area contributed by atoms with Crippen LogP contribution in [-0.4, -0.2) is 24.9 Å². The number of nitrogens with one attached hydrogen (secondary N) is 1. The van der Waals surface area contributed by atoms with E-state index in [2.05, 4.69) is 10.1 Å². The average molecular weight is 265 g/mol. The molecule has 1 N–H and O–H groups in total. The van der Waals surface area contributed by atoms with Gasteiger partial charge in [-0.1, -0.05) is 6.42 Å². The van der Waals surface area contributed by atoms with Crippen LogP contribution in [0.1, 0.15) is 32.6 Å². The summed E-state index contributed by atoms with van der Waals surface area (Å²) < 4.78 is 39.8. The van der Waals surface area contributed by atoms with Crippen molar-refractivity contribution in [1.82, 2.24) is 5.32 Å². The van der Waals surface area contributed by atoms with Crippen molar-refractivity contribution >= 4 is 6.09 Å². The van der Waals surface area contributed by atoms with E-state index < -0.39 is 18.9 Å². The van der Waals surface area contributed by atoms with Crippen molar-refractivity contribution in [3.8, 4) is 0 Å². The monoisotopic (exact) mass is 265 g/mol. The molecule has 0 aromatic heterocycles. The van der Waals surface area contributed by atoms with Gasteiger partial charge in [0.2, 0.25) is 0 Å². The molecule has 2 aliphatic carbocycles. The molecule has 2 saturated carbocycles. The molecule has 6 heteroatoms. The third-order valence-corrected chi connectivity index (χ3v) is 4.15. The molecule has 104 valence electrons. The second-order valence-corrected chi connectivity index (χ2v) is 5.46. The van der Waals surface area contributed by atoms with Gasteiger partial charge in [0.25, 0.3) is 0 Å². The molecule has 2 fully saturated rings. The van der Waals surface area contributed by atoms with Crippen LogP contribution in [0.25, 0.3) is 0 Å². The number of alkyl halides is 3. The standard InChI is InChI=1S/C12H18F3NO2/c1-7(10-5-8-2-3-9(10)4-8)16-11(17)18-6-12(13,14)15/h7-10H,2-6H2,1H3,(H,16,17). The average Bonchev–Trinajstić information content (AvgIpc) is 2.87. The number of halogens is 3. The molecule has 2 rings (SSSR count). The first-order chi connectivity index (χ1) is 8.35. The molecule has 0 aliphatic heterocycles. The molecular formula is C12H18F3NO2. The fraction of sp³-hybridized carbons (Fsp3) is 0.917. The highest BCUT2D eigenvalue weighted by Gasteiger charge is 2.42. The summed E-state index contributed by atoms with van der Waals surface area (Å²) >= 11 is 0. The molecule has 0 spiro atoms. The number of hydrogen-bond donors (Lipinski definition) is 1. The van der Waals surface area contributed by atoms with Crippen LogP contribution >= 0.6 is 0 Å². The molecule has 3 nitrogen and oxygen atoms in total. The lowest BCUT2D eigenvalue weighted by Gasteiger charge is -2.28. The van der Waals surface area contributed by atoms with Crippen molar-refractivity contribution in [3.63, 3.8) is 0 Å². The van der Waals surface area contributed by atoms with Gasteiger partial charge in [0, 0.05) is 6.04 Å². The minimum absolute atomic E-state index is 0.110. The Hall–Kier alpha value is -0.940. The lowest BCUT2D eigenvalue weighted by Crippen LogP contribution is -2.41. The number of amides is 1. The van der Waals surface area contributed by atoms with Crippen molar-refractivity contribution in [2.45, 2.75) is 44.8 Å². The molecule has 0 saturated heterocycles. The van der Waals surface area contributed by atoms with Gasteiger partial charge in [-0.25, -0.2) is 4.79 Å². The van der Waals surface area contributed by atoms with E-state index in [9.17, 15) is 18.0 Å². The third kappa shape index (κ3) is 3.29. The van der Waals surface area contributed by atoms with Gasteiger partial charge in [-0.05, 0) is 43.9 Å². The van der Waals surface area contributed by atoms with E-state index in [-0.39, 0.29) is 6.04 Å². The smallest absolute Gasteiger partial charge is 0.422 e. The number of hydrogen-bond acceptors (Lipinski definition) is 2. The van der Waals surface area contributed by atoms with Crippen molar-refractivity contribution in [2.75, 3.05) is 6.61 Å². The first kappa shape index (κ1) is 13.5. The Morgan fingerprint density at radius 3 is 2.61 bits per heavy atom. The SMILES string of the molecule is CC(NC(=O)OCC(F)(F)F)C1CC2CCC1C2. The van der Waals surface area contributed by atoms with Gasteiger partial charge < -0.3 is 10.1 Å². The van der Waals surface area contributed by atoms with E-state index in [0.717, 1.165) is 12.3 Å². The summed E-state index contributed by atoms with van der Waals surface area (Å²) in [6, 6.07) is -0.110. The Labute approximate surface area is 104 Å². The van der Waals surface area contributed by atoms with E-state index in [0.29, 0.717) is 11.8 Å².